The summed E-state index contributed by atoms with van der Waals surface area (Å²) < 4.78 is 15.3. The number of amides is 1. The summed E-state index contributed by atoms with van der Waals surface area (Å²) in [6.45, 7) is 7.82. The predicted molar refractivity (Wildman–Crippen MR) is 114 cm³/mol. The third-order valence-electron chi connectivity index (χ3n) is 4.33. The Balaban J connectivity index is 1.89. The molecular formula is C24H24FN3O. The second-order valence-corrected chi connectivity index (χ2v) is 7.95. The van der Waals surface area contributed by atoms with Crippen molar-refractivity contribution in [2.75, 3.05) is 5.32 Å². The highest BCUT2D eigenvalue weighted by Crippen LogP contribution is 2.29. The summed E-state index contributed by atoms with van der Waals surface area (Å²) in [5, 5.41) is 6.79. The van der Waals surface area contributed by atoms with Gasteiger partial charge >= 0.3 is 0 Å². The summed E-state index contributed by atoms with van der Waals surface area (Å²) >= 11 is 0. The van der Waals surface area contributed by atoms with Crippen LogP contribution < -0.4 is 5.32 Å². The number of carbonyl (C=O) groups is 1. The number of anilines is 1. The monoisotopic (exact) mass is 389 g/mol. The fourth-order valence-electron chi connectivity index (χ4n) is 2.91. The zero-order valence-electron chi connectivity index (χ0n) is 17.3. The molecule has 1 N–H and O–H groups in total. The van der Waals surface area contributed by atoms with Crippen LogP contribution in [0.15, 0.2) is 48.5 Å². The third-order valence-corrected chi connectivity index (χ3v) is 4.33. The topological polar surface area (TPSA) is 46.9 Å². The van der Waals surface area contributed by atoms with Crippen LogP contribution in [0.3, 0.4) is 0 Å². The molecular weight excluding hydrogens is 365 g/mol. The van der Waals surface area contributed by atoms with Crippen LogP contribution in [0.25, 0.3) is 11.1 Å². The Morgan fingerprint density at radius 3 is 2.34 bits per heavy atom. The van der Waals surface area contributed by atoms with Crippen molar-refractivity contribution in [2.24, 2.45) is 12.5 Å². The lowest BCUT2D eigenvalue weighted by atomic mass is 9.97. The van der Waals surface area contributed by atoms with Crippen molar-refractivity contribution in [3.8, 4) is 23.0 Å². The van der Waals surface area contributed by atoms with Gasteiger partial charge < -0.3 is 5.32 Å². The first kappa shape index (κ1) is 20.3. The number of hydrogen-bond donors (Lipinski definition) is 1. The Hall–Kier alpha value is -3.39. The fraction of sp³-hybridized carbons (Fsp3) is 0.250. The van der Waals surface area contributed by atoms with E-state index in [0.717, 1.165) is 21.4 Å². The molecule has 0 spiro atoms. The molecule has 1 aromatic heterocycles. The number of nitrogens with zero attached hydrogens (tertiary/aromatic N) is 2. The standard InChI is InChI=1S/C24H24FN3O/c1-16-21(22(25)28(5)27-16)23(29)26-20-9-7-6-8-19(20)18-12-10-17(11-13-18)14-15-24(2,3)4/h6-13H,1-5H3,(H,26,29). The van der Waals surface area contributed by atoms with Crippen LogP contribution in [0.1, 0.15) is 42.4 Å². The second-order valence-electron chi connectivity index (χ2n) is 7.95. The van der Waals surface area contributed by atoms with Gasteiger partial charge in [0.15, 0.2) is 0 Å². The summed E-state index contributed by atoms with van der Waals surface area (Å²) in [7, 11) is 1.47. The number of para-hydroxylation sites is 1. The van der Waals surface area contributed by atoms with Crippen molar-refractivity contribution >= 4 is 11.6 Å². The van der Waals surface area contributed by atoms with Crippen LogP contribution in [-0.4, -0.2) is 15.7 Å². The minimum Gasteiger partial charge on any atom is -0.321 e. The van der Waals surface area contributed by atoms with E-state index in [9.17, 15) is 9.18 Å². The van der Waals surface area contributed by atoms with Gasteiger partial charge in [-0.05, 0) is 51.5 Å². The van der Waals surface area contributed by atoms with Gasteiger partial charge in [-0.15, -0.1) is 0 Å². The molecule has 0 aliphatic rings. The maximum atomic E-state index is 14.2. The zero-order chi connectivity index (χ0) is 21.2. The second kappa shape index (κ2) is 7.92. The average Bonchev–Trinajstić information content (AvgIpc) is 2.92. The van der Waals surface area contributed by atoms with Crippen molar-refractivity contribution in [3.05, 3.63) is 71.3 Å². The van der Waals surface area contributed by atoms with Crippen LogP contribution in [-0.2, 0) is 7.05 Å². The van der Waals surface area contributed by atoms with Gasteiger partial charge in [-0.2, -0.15) is 9.49 Å². The SMILES string of the molecule is Cc1nn(C)c(F)c1C(=O)Nc1ccccc1-c1ccc(C#CC(C)(C)C)cc1. The van der Waals surface area contributed by atoms with Crippen LogP contribution in [0.2, 0.25) is 0 Å². The highest BCUT2D eigenvalue weighted by Gasteiger charge is 2.21. The molecule has 0 unspecified atom stereocenters. The fourth-order valence-corrected chi connectivity index (χ4v) is 2.91. The number of aryl methyl sites for hydroxylation is 2. The molecule has 2 aromatic carbocycles. The highest BCUT2D eigenvalue weighted by molar-refractivity contribution is 6.07. The molecule has 0 aliphatic heterocycles. The van der Waals surface area contributed by atoms with E-state index >= 15 is 0 Å². The van der Waals surface area contributed by atoms with Crippen molar-refractivity contribution in [2.45, 2.75) is 27.7 Å². The minimum atomic E-state index is -0.653. The average molecular weight is 389 g/mol. The van der Waals surface area contributed by atoms with Gasteiger partial charge in [0, 0.05) is 29.3 Å². The van der Waals surface area contributed by atoms with Crippen molar-refractivity contribution in [1.82, 2.24) is 9.78 Å². The number of aromatic nitrogens is 2. The lowest BCUT2D eigenvalue weighted by Crippen LogP contribution is -2.15. The zero-order valence-corrected chi connectivity index (χ0v) is 17.3. The molecule has 148 valence electrons. The first-order chi connectivity index (χ1) is 13.7. The lowest BCUT2D eigenvalue weighted by molar-refractivity contribution is 0.102. The van der Waals surface area contributed by atoms with Crippen LogP contribution >= 0.6 is 0 Å². The number of rotatable bonds is 3. The molecule has 1 amide bonds. The van der Waals surface area contributed by atoms with Gasteiger partial charge in [0.1, 0.15) is 5.56 Å². The van der Waals surface area contributed by atoms with Gasteiger partial charge in [0.2, 0.25) is 5.95 Å². The minimum absolute atomic E-state index is 0.0462. The molecule has 0 bridgehead atoms. The summed E-state index contributed by atoms with van der Waals surface area (Å²) in [6, 6.07) is 15.3. The van der Waals surface area contributed by atoms with Gasteiger partial charge in [-0.3, -0.25) is 4.79 Å². The molecule has 0 radical (unpaired) electrons. The van der Waals surface area contributed by atoms with E-state index in [1.165, 1.54) is 7.05 Å². The molecule has 0 fully saturated rings. The molecule has 1 heterocycles. The number of hydrogen-bond acceptors (Lipinski definition) is 2. The van der Waals surface area contributed by atoms with Gasteiger partial charge in [0.25, 0.3) is 5.91 Å². The molecule has 0 aliphatic carbocycles. The van der Waals surface area contributed by atoms with E-state index in [4.69, 9.17) is 0 Å². The summed E-state index contributed by atoms with van der Waals surface area (Å²) in [6.07, 6.45) is 0. The Morgan fingerprint density at radius 2 is 1.76 bits per heavy atom. The van der Waals surface area contributed by atoms with E-state index < -0.39 is 11.9 Å². The van der Waals surface area contributed by atoms with E-state index in [0.29, 0.717) is 11.4 Å². The molecule has 0 saturated carbocycles. The number of carbonyl (C=O) groups excluding carboxylic acids is 1. The van der Waals surface area contributed by atoms with E-state index in [-0.39, 0.29) is 11.0 Å². The Kier molecular flexibility index (Phi) is 5.56. The highest BCUT2D eigenvalue weighted by atomic mass is 19.1. The van der Waals surface area contributed by atoms with Crippen molar-refractivity contribution in [1.29, 1.82) is 0 Å². The quantitative estimate of drug-likeness (QED) is 0.627. The molecule has 0 saturated heterocycles. The normalized spacial score (nSPS) is 11.0. The molecule has 4 nitrogen and oxygen atoms in total. The van der Waals surface area contributed by atoms with Gasteiger partial charge in [-0.25, -0.2) is 4.68 Å². The first-order valence-electron chi connectivity index (χ1n) is 9.39. The summed E-state index contributed by atoms with van der Waals surface area (Å²) in [5.74, 6) is 5.22. The molecule has 29 heavy (non-hydrogen) atoms. The Bertz CT molecular complexity index is 1110. The predicted octanol–water partition coefficient (Wildman–Crippen LogP) is 5.18. The Labute approximate surface area is 170 Å². The van der Waals surface area contributed by atoms with Crippen LogP contribution in [0.4, 0.5) is 10.1 Å². The summed E-state index contributed by atoms with van der Waals surface area (Å²) in [5.41, 5.74) is 3.56. The maximum absolute atomic E-state index is 14.2. The molecule has 3 rings (SSSR count). The van der Waals surface area contributed by atoms with Gasteiger partial charge in [0.05, 0.1) is 5.69 Å². The lowest BCUT2D eigenvalue weighted by Gasteiger charge is -2.11. The summed E-state index contributed by atoms with van der Waals surface area (Å²) in [4.78, 5) is 12.7. The number of nitrogens with one attached hydrogen (secondary N) is 1. The van der Waals surface area contributed by atoms with Crippen LogP contribution in [0.5, 0.6) is 0 Å². The third kappa shape index (κ3) is 4.72. The largest absolute Gasteiger partial charge is 0.321 e. The van der Waals surface area contributed by atoms with E-state index in [2.05, 4.69) is 43.0 Å². The van der Waals surface area contributed by atoms with E-state index in [1.54, 1.807) is 13.0 Å². The smallest absolute Gasteiger partial charge is 0.262 e. The molecule has 5 heteroatoms. The first-order valence-corrected chi connectivity index (χ1v) is 9.39. The maximum Gasteiger partial charge on any atom is 0.262 e. The molecule has 3 aromatic rings. The van der Waals surface area contributed by atoms with Crippen molar-refractivity contribution in [3.63, 3.8) is 0 Å². The van der Waals surface area contributed by atoms with Gasteiger partial charge in [-0.1, -0.05) is 42.2 Å². The number of benzene rings is 2. The van der Waals surface area contributed by atoms with Crippen molar-refractivity contribution < 1.29 is 9.18 Å². The van der Waals surface area contributed by atoms with Crippen LogP contribution in [0, 0.1) is 30.1 Å². The van der Waals surface area contributed by atoms with E-state index in [1.807, 2.05) is 42.5 Å². The molecule has 0 atom stereocenters. The Morgan fingerprint density at radius 1 is 1.10 bits per heavy atom. The number of halogens is 1.